The zero-order valence-electron chi connectivity index (χ0n) is 9.19. The molecule has 0 fully saturated rings. The fraction of sp³-hybridized carbons (Fsp3) is 0. The first kappa shape index (κ1) is 12.1. The summed E-state index contributed by atoms with van der Waals surface area (Å²) in [5.41, 5.74) is -0.150. The number of nitro benzene ring substituents is 1. The van der Waals surface area contributed by atoms with Gasteiger partial charge in [0.2, 0.25) is 0 Å². The van der Waals surface area contributed by atoms with Crippen LogP contribution in [0.5, 0.6) is 0 Å². The summed E-state index contributed by atoms with van der Waals surface area (Å²) in [4.78, 5) is 21.6. The first-order valence-corrected chi connectivity index (χ1v) is 4.85. The number of anilines is 1. The molecular formula is C9H5N7O3. The van der Waals surface area contributed by atoms with E-state index < -0.39 is 10.8 Å². The summed E-state index contributed by atoms with van der Waals surface area (Å²) in [6.45, 7) is 0. The molecule has 10 heteroatoms. The van der Waals surface area contributed by atoms with Gasteiger partial charge in [0.15, 0.2) is 0 Å². The number of H-pyrrole nitrogens is 1. The molecule has 0 aliphatic rings. The lowest BCUT2D eigenvalue weighted by atomic mass is 10.1. The quantitative estimate of drug-likeness (QED) is 0.591. The Kier molecular flexibility index (Phi) is 3.11. The van der Waals surface area contributed by atoms with Crippen molar-refractivity contribution in [3.05, 3.63) is 39.7 Å². The Bertz CT molecular complexity index is 674. The summed E-state index contributed by atoms with van der Waals surface area (Å²) in [5.74, 6) is -0.888. The molecule has 0 saturated heterocycles. The second-order valence-corrected chi connectivity index (χ2v) is 3.29. The van der Waals surface area contributed by atoms with Crippen molar-refractivity contribution in [1.82, 2.24) is 20.6 Å². The van der Waals surface area contributed by atoms with Crippen LogP contribution in [0.4, 0.5) is 11.4 Å². The van der Waals surface area contributed by atoms with Crippen LogP contribution >= 0.6 is 0 Å². The van der Waals surface area contributed by atoms with E-state index in [1.807, 2.05) is 0 Å². The highest BCUT2D eigenvalue weighted by molar-refractivity contribution is 6.02. The van der Waals surface area contributed by atoms with Gasteiger partial charge >= 0.3 is 0 Å². The predicted octanol–water partition coefficient (Wildman–Crippen LogP) is 0.232. The maximum atomic E-state index is 11.6. The number of nitriles is 1. The van der Waals surface area contributed by atoms with Crippen molar-refractivity contribution in [2.45, 2.75) is 0 Å². The van der Waals surface area contributed by atoms with Crippen LogP contribution in [0.25, 0.3) is 0 Å². The van der Waals surface area contributed by atoms with Gasteiger partial charge in [-0.25, -0.2) is 0 Å². The molecule has 0 atom stereocenters. The van der Waals surface area contributed by atoms with Gasteiger partial charge in [-0.05, 0) is 11.3 Å². The summed E-state index contributed by atoms with van der Waals surface area (Å²) in [7, 11) is 0. The van der Waals surface area contributed by atoms with Gasteiger partial charge in [0.1, 0.15) is 6.07 Å². The Balaban J connectivity index is 2.28. The minimum atomic E-state index is -0.681. The second kappa shape index (κ2) is 4.88. The number of carbonyl (C=O) groups excluding carboxylic acids is 1. The smallest absolute Gasteiger partial charge is 0.297 e. The Labute approximate surface area is 105 Å². The minimum Gasteiger partial charge on any atom is -0.318 e. The van der Waals surface area contributed by atoms with E-state index in [1.165, 1.54) is 12.1 Å². The van der Waals surface area contributed by atoms with Gasteiger partial charge in [-0.3, -0.25) is 14.9 Å². The number of rotatable bonds is 3. The molecule has 0 radical (unpaired) electrons. The van der Waals surface area contributed by atoms with Crippen molar-refractivity contribution in [3.8, 4) is 6.07 Å². The molecule has 2 rings (SSSR count). The lowest BCUT2D eigenvalue weighted by Gasteiger charge is -2.04. The molecule has 1 amide bonds. The van der Waals surface area contributed by atoms with Crippen LogP contribution in [-0.4, -0.2) is 31.5 Å². The lowest BCUT2D eigenvalue weighted by molar-refractivity contribution is -0.384. The van der Waals surface area contributed by atoms with E-state index in [9.17, 15) is 14.9 Å². The SMILES string of the molecule is N#Cc1cc([N+](=O)[O-])ccc1NC(=O)c1nn[nH]n1. The zero-order chi connectivity index (χ0) is 13.8. The molecule has 1 aromatic heterocycles. The Morgan fingerprint density at radius 3 is 2.89 bits per heavy atom. The molecule has 0 aliphatic heterocycles. The van der Waals surface area contributed by atoms with Crippen molar-refractivity contribution in [2.24, 2.45) is 0 Å². The summed E-state index contributed by atoms with van der Waals surface area (Å²) in [6, 6.07) is 5.25. The molecule has 10 nitrogen and oxygen atoms in total. The summed E-state index contributed by atoms with van der Waals surface area (Å²) >= 11 is 0. The van der Waals surface area contributed by atoms with Gasteiger partial charge in [-0.2, -0.15) is 10.5 Å². The molecule has 0 saturated carbocycles. The number of benzene rings is 1. The third kappa shape index (κ3) is 2.50. The van der Waals surface area contributed by atoms with Gasteiger partial charge in [0.05, 0.1) is 16.2 Å². The van der Waals surface area contributed by atoms with Gasteiger partial charge in [0.25, 0.3) is 17.4 Å². The van der Waals surface area contributed by atoms with Crippen molar-refractivity contribution in [1.29, 1.82) is 5.26 Å². The van der Waals surface area contributed by atoms with E-state index >= 15 is 0 Å². The summed E-state index contributed by atoms with van der Waals surface area (Å²) in [6.07, 6.45) is 0. The number of aromatic nitrogens is 4. The van der Waals surface area contributed by atoms with Crippen molar-refractivity contribution < 1.29 is 9.72 Å². The number of tetrazole rings is 1. The number of hydrogen-bond donors (Lipinski definition) is 2. The molecule has 2 aromatic rings. The van der Waals surface area contributed by atoms with Gasteiger partial charge in [-0.15, -0.1) is 10.2 Å². The molecule has 0 bridgehead atoms. The number of hydrogen-bond acceptors (Lipinski definition) is 7. The van der Waals surface area contributed by atoms with Gasteiger partial charge in [-0.1, -0.05) is 0 Å². The molecule has 0 unspecified atom stereocenters. The Morgan fingerprint density at radius 1 is 1.53 bits per heavy atom. The van der Waals surface area contributed by atoms with E-state index in [0.29, 0.717) is 0 Å². The summed E-state index contributed by atoms with van der Waals surface area (Å²) in [5, 5.41) is 34.1. The average Bonchev–Trinajstić information content (AvgIpc) is 2.92. The van der Waals surface area contributed by atoms with Gasteiger partial charge in [0, 0.05) is 12.1 Å². The van der Waals surface area contributed by atoms with E-state index in [4.69, 9.17) is 5.26 Å². The highest BCUT2D eigenvalue weighted by Crippen LogP contribution is 2.21. The number of nitrogens with zero attached hydrogens (tertiary/aromatic N) is 5. The predicted molar refractivity (Wildman–Crippen MR) is 59.9 cm³/mol. The standard InChI is InChI=1S/C9H5N7O3/c10-4-5-3-6(16(18)19)1-2-7(5)11-9(17)8-12-14-15-13-8/h1-3H,(H,11,17)(H,12,13,14,15). The van der Waals surface area contributed by atoms with Crippen LogP contribution in [-0.2, 0) is 0 Å². The van der Waals surface area contributed by atoms with E-state index in [0.717, 1.165) is 6.07 Å². The average molecular weight is 259 g/mol. The zero-order valence-corrected chi connectivity index (χ0v) is 9.19. The van der Waals surface area contributed by atoms with E-state index in [1.54, 1.807) is 6.07 Å². The van der Waals surface area contributed by atoms with Crippen molar-refractivity contribution in [3.63, 3.8) is 0 Å². The maximum absolute atomic E-state index is 11.6. The second-order valence-electron chi connectivity index (χ2n) is 3.29. The van der Waals surface area contributed by atoms with Crippen LogP contribution in [0, 0.1) is 21.4 Å². The highest BCUT2D eigenvalue weighted by atomic mass is 16.6. The fourth-order valence-corrected chi connectivity index (χ4v) is 1.28. The number of nitro groups is 1. The molecule has 1 aromatic carbocycles. The third-order valence-corrected chi connectivity index (χ3v) is 2.13. The molecule has 94 valence electrons. The minimum absolute atomic E-state index is 0.0361. The van der Waals surface area contributed by atoms with E-state index in [2.05, 4.69) is 25.9 Å². The molecule has 0 aliphatic carbocycles. The number of non-ortho nitro benzene ring substituents is 1. The fourth-order valence-electron chi connectivity index (χ4n) is 1.28. The molecule has 19 heavy (non-hydrogen) atoms. The van der Waals surface area contributed by atoms with Crippen molar-refractivity contribution >= 4 is 17.3 Å². The number of carbonyl (C=O) groups is 1. The molecular weight excluding hydrogens is 254 g/mol. The van der Waals surface area contributed by atoms with Crippen LogP contribution < -0.4 is 5.32 Å². The lowest BCUT2D eigenvalue weighted by Crippen LogP contribution is -2.14. The first-order chi connectivity index (χ1) is 9.11. The molecule has 2 N–H and O–H groups in total. The Hall–Kier alpha value is -3.35. The highest BCUT2D eigenvalue weighted by Gasteiger charge is 2.15. The maximum Gasteiger partial charge on any atom is 0.297 e. The topological polar surface area (TPSA) is 150 Å². The third-order valence-electron chi connectivity index (χ3n) is 2.13. The molecule has 0 spiro atoms. The number of aromatic amines is 1. The van der Waals surface area contributed by atoms with E-state index in [-0.39, 0.29) is 22.8 Å². The number of amides is 1. The number of nitrogens with one attached hydrogen (secondary N) is 2. The summed E-state index contributed by atoms with van der Waals surface area (Å²) < 4.78 is 0. The monoisotopic (exact) mass is 259 g/mol. The largest absolute Gasteiger partial charge is 0.318 e. The van der Waals surface area contributed by atoms with Crippen molar-refractivity contribution in [2.75, 3.05) is 5.32 Å². The van der Waals surface area contributed by atoms with Crippen LogP contribution in [0.1, 0.15) is 16.2 Å². The van der Waals surface area contributed by atoms with Crippen LogP contribution in [0.3, 0.4) is 0 Å². The Morgan fingerprint density at radius 2 is 2.32 bits per heavy atom. The van der Waals surface area contributed by atoms with Crippen LogP contribution in [0.15, 0.2) is 18.2 Å². The van der Waals surface area contributed by atoms with Gasteiger partial charge < -0.3 is 5.32 Å². The molecule has 1 heterocycles. The van der Waals surface area contributed by atoms with Crippen LogP contribution in [0.2, 0.25) is 0 Å². The first-order valence-electron chi connectivity index (χ1n) is 4.85. The normalized spacial score (nSPS) is 9.63.